The van der Waals surface area contributed by atoms with Crippen LogP contribution in [0.3, 0.4) is 0 Å². The van der Waals surface area contributed by atoms with E-state index in [2.05, 4.69) is 10.3 Å². The Kier molecular flexibility index (Phi) is 4.07. The third-order valence-corrected chi connectivity index (χ3v) is 3.67. The lowest BCUT2D eigenvalue weighted by atomic mass is 10.2. The van der Waals surface area contributed by atoms with Crippen molar-refractivity contribution in [3.63, 3.8) is 0 Å². The van der Waals surface area contributed by atoms with Crippen molar-refractivity contribution in [2.75, 3.05) is 5.32 Å². The van der Waals surface area contributed by atoms with Crippen molar-refractivity contribution in [3.05, 3.63) is 70.8 Å². The zero-order valence-electron chi connectivity index (χ0n) is 12.7. The van der Waals surface area contributed by atoms with Crippen molar-refractivity contribution in [3.8, 4) is 0 Å². The lowest BCUT2D eigenvalue weighted by molar-refractivity contribution is -0.118. The van der Waals surface area contributed by atoms with Crippen LogP contribution in [0.15, 0.2) is 53.6 Å². The molecule has 1 N–H and O–H groups in total. The first-order valence-electron chi connectivity index (χ1n) is 7.19. The minimum atomic E-state index is -1.06. The highest BCUT2D eigenvalue weighted by atomic mass is 19.2. The molecule has 24 heavy (non-hydrogen) atoms. The first-order valence-corrected chi connectivity index (χ1v) is 7.19. The van der Waals surface area contributed by atoms with E-state index in [-0.39, 0.29) is 11.2 Å². The number of anilines is 1. The number of aromatic nitrogens is 2. The van der Waals surface area contributed by atoms with Gasteiger partial charge in [-0.2, -0.15) is 0 Å². The molecule has 0 fully saturated rings. The van der Waals surface area contributed by atoms with Gasteiger partial charge in [-0.3, -0.25) is 14.2 Å². The first-order chi connectivity index (χ1) is 11.5. The van der Waals surface area contributed by atoms with Crippen LogP contribution in [0.2, 0.25) is 0 Å². The lowest BCUT2D eigenvalue weighted by Gasteiger charge is -2.15. The van der Waals surface area contributed by atoms with Gasteiger partial charge in [0.15, 0.2) is 11.6 Å². The smallest absolute Gasteiger partial charge is 0.261 e. The Balaban J connectivity index is 1.89. The Morgan fingerprint density at radius 2 is 1.92 bits per heavy atom. The second-order valence-corrected chi connectivity index (χ2v) is 5.27. The third kappa shape index (κ3) is 2.88. The van der Waals surface area contributed by atoms with Crippen LogP contribution in [0.1, 0.15) is 13.0 Å². The molecule has 0 saturated heterocycles. The van der Waals surface area contributed by atoms with Crippen LogP contribution >= 0.6 is 0 Å². The number of amides is 1. The average Bonchev–Trinajstić information content (AvgIpc) is 2.58. The van der Waals surface area contributed by atoms with E-state index in [0.717, 1.165) is 12.1 Å². The van der Waals surface area contributed by atoms with Crippen LogP contribution in [-0.2, 0) is 4.79 Å². The first kappa shape index (κ1) is 15.8. The van der Waals surface area contributed by atoms with Gasteiger partial charge in [-0.15, -0.1) is 0 Å². The number of carbonyl (C=O) groups is 1. The maximum Gasteiger partial charge on any atom is 0.261 e. The molecule has 0 bridgehead atoms. The van der Waals surface area contributed by atoms with Gasteiger partial charge < -0.3 is 5.32 Å². The average molecular weight is 329 g/mol. The predicted molar refractivity (Wildman–Crippen MR) is 85.7 cm³/mol. The van der Waals surface area contributed by atoms with Crippen LogP contribution in [0.4, 0.5) is 14.5 Å². The summed E-state index contributed by atoms with van der Waals surface area (Å²) in [5.74, 6) is -2.61. The van der Waals surface area contributed by atoms with E-state index in [9.17, 15) is 18.4 Å². The molecule has 1 atom stereocenters. The van der Waals surface area contributed by atoms with Crippen molar-refractivity contribution in [2.24, 2.45) is 0 Å². The zero-order chi connectivity index (χ0) is 17.3. The standard InChI is InChI=1S/C17H13F2N3O2/c1-10(16(23)21-11-6-7-13(18)14(19)8-11)22-9-20-15-5-3-2-4-12(15)17(22)24/h2-10H,1H3,(H,21,23). The number of nitrogens with zero attached hydrogens (tertiary/aromatic N) is 2. The van der Waals surface area contributed by atoms with Gasteiger partial charge in [0.1, 0.15) is 6.04 Å². The number of rotatable bonds is 3. The van der Waals surface area contributed by atoms with Crippen molar-refractivity contribution >= 4 is 22.5 Å². The number of hydrogen-bond donors (Lipinski definition) is 1. The molecule has 122 valence electrons. The van der Waals surface area contributed by atoms with E-state index >= 15 is 0 Å². The highest BCUT2D eigenvalue weighted by Crippen LogP contribution is 2.15. The maximum absolute atomic E-state index is 13.2. The number of carbonyl (C=O) groups excluding carboxylic acids is 1. The summed E-state index contributed by atoms with van der Waals surface area (Å²) in [5.41, 5.74) is 0.285. The second kappa shape index (κ2) is 6.19. The van der Waals surface area contributed by atoms with Crippen molar-refractivity contribution < 1.29 is 13.6 Å². The minimum absolute atomic E-state index is 0.104. The number of halogens is 2. The second-order valence-electron chi connectivity index (χ2n) is 5.27. The molecule has 2 aromatic carbocycles. The Hall–Kier alpha value is -3.09. The molecule has 3 rings (SSSR count). The normalized spacial score (nSPS) is 12.1. The molecule has 1 unspecified atom stereocenters. The summed E-state index contributed by atoms with van der Waals surface area (Å²) in [4.78, 5) is 28.9. The molecule has 1 amide bonds. The van der Waals surface area contributed by atoms with Crippen LogP contribution in [0, 0.1) is 11.6 Å². The van der Waals surface area contributed by atoms with E-state index in [1.165, 1.54) is 23.9 Å². The SMILES string of the molecule is CC(C(=O)Nc1ccc(F)c(F)c1)n1cnc2ccccc2c1=O. The molecule has 0 aliphatic rings. The number of benzene rings is 2. The molecule has 5 nitrogen and oxygen atoms in total. The molecule has 0 spiro atoms. The summed E-state index contributed by atoms with van der Waals surface area (Å²) in [7, 11) is 0. The van der Waals surface area contributed by atoms with Crippen molar-refractivity contribution in [1.82, 2.24) is 9.55 Å². The summed E-state index contributed by atoms with van der Waals surface area (Å²) in [5, 5.41) is 2.85. The maximum atomic E-state index is 13.2. The van der Waals surface area contributed by atoms with Gasteiger partial charge in [-0.05, 0) is 31.2 Å². The van der Waals surface area contributed by atoms with Gasteiger partial charge in [0, 0.05) is 11.8 Å². The Morgan fingerprint density at radius 3 is 2.67 bits per heavy atom. The van der Waals surface area contributed by atoms with Gasteiger partial charge in [-0.25, -0.2) is 13.8 Å². The van der Waals surface area contributed by atoms with E-state index in [1.54, 1.807) is 24.3 Å². The summed E-state index contributed by atoms with van der Waals surface area (Å²) in [6.45, 7) is 1.52. The summed E-state index contributed by atoms with van der Waals surface area (Å²) >= 11 is 0. The fourth-order valence-corrected chi connectivity index (χ4v) is 2.31. The molecule has 1 aromatic heterocycles. The summed E-state index contributed by atoms with van der Waals surface area (Å²) < 4.78 is 27.3. The number of nitrogens with one attached hydrogen (secondary N) is 1. The number of hydrogen-bond acceptors (Lipinski definition) is 3. The van der Waals surface area contributed by atoms with Crippen LogP contribution in [0.25, 0.3) is 10.9 Å². The highest BCUT2D eigenvalue weighted by Gasteiger charge is 2.18. The predicted octanol–water partition coefficient (Wildman–Crippen LogP) is 2.87. The van der Waals surface area contributed by atoms with Gasteiger partial charge >= 0.3 is 0 Å². The van der Waals surface area contributed by atoms with Crippen molar-refractivity contribution in [2.45, 2.75) is 13.0 Å². The Bertz CT molecular complexity index is 985. The number of para-hydroxylation sites is 1. The number of fused-ring (bicyclic) bond motifs is 1. The summed E-state index contributed by atoms with van der Waals surface area (Å²) in [6.07, 6.45) is 1.29. The van der Waals surface area contributed by atoms with E-state index < -0.39 is 23.6 Å². The van der Waals surface area contributed by atoms with Gasteiger partial charge in [0.25, 0.3) is 5.56 Å². The van der Waals surface area contributed by atoms with E-state index in [1.807, 2.05) is 0 Å². The fourth-order valence-electron chi connectivity index (χ4n) is 2.31. The monoisotopic (exact) mass is 329 g/mol. The molecule has 7 heteroatoms. The fraction of sp³-hybridized carbons (Fsp3) is 0.118. The lowest BCUT2D eigenvalue weighted by Crippen LogP contribution is -2.31. The quantitative estimate of drug-likeness (QED) is 0.803. The van der Waals surface area contributed by atoms with Gasteiger partial charge in [0.2, 0.25) is 5.91 Å². The molecule has 0 saturated carbocycles. The molecule has 1 heterocycles. The van der Waals surface area contributed by atoms with E-state index in [4.69, 9.17) is 0 Å². The molecule has 0 radical (unpaired) electrons. The van der Waals surface area contributed by atoms with E-state index in [0.29, 0.717) is 10.9 Å². The molecular formula is C17H13F2N3O2. The molecule has 0 aliphatic heterocycles. The summed E-state index contributed by atoms with van der Waals surface area (Å²) in [6, 6.07) is 8.96. The Labute approximate surface area is 135 Å². The third-order valence-electron chi connectivity index (χ3n) is 3.67. The van der Waals surface area contributed by atoms with Crippen LogP contribution in [0.5, 0.6) is 0 Å². The largest absolute Gasteiger partial charge is 0.324 e. The van der Waals surface area contributed by atoms with Crippen LogP contribution in [-0.4, -0.2) is 15.5 Å². The van der Waals surface area contributed by atoms with Crippen LogP contribution < -0.4 is 10.9 Å². The van der Waals surface area contributed by atoms with Crippen molar-refractivity contribution in [1.29, 1.82) is 0 Å². The topological polar surface area (TPSA) is 64.0 Å². The minimum Gasteiger partial charge on any atom is -0.324 e. The molecular weight excluding hydrogens is 316 g/mol. The highest BCUT2D eigenvalue weighted by molar-refractivity contribution is 5.93. The Morgan fingerprint density at radius 1 is 1.17 bits per heavy atom. The molecule has 0 aliphatic carbocycles. The van der Waals surface area contributed by atoms with Gasteiger partial charge in [-0.1, -0.05) is 12.1 Å². The van der Waals surface area contributed by atoms with Gasteiger partial charge in [0.05, 0.1) is 17.2 Å². The zero-order valence-corrected chi connectivity index (χ0v) is 12.7. The molecule has 3 aromatic rings.